The third-order valence-corrected chi connectivity index (χ3v) is 4.60. The second-order valence-corrected chi connectivity index (χ2v) is 7.40. The minimum absolute atomic E-state index is 0.0197. The molecule has 0 aliphatic heterocycles. The lowest BCUT2D eigenvalue weighted by Crippen LogP contribution is -2.19. The van der Waals surface area contributed by atoms with Crippen molar-refractivity contribution in [3.05, 3.63) is 82.7 Å². The molecule has 0 radical (unpaired) electrons. The average molecular weight is 419 g/mol. The van der Waals surface area contributed by atoms with Crippen molar-refractivity contribution < 1.29 is 19.1 Å². The summed E-state index contributed by atoms with van der Waals surface area (Å²) in [6.45, 7) is 7.79. The minimum atomic E-state index is -0.624. The van der Waals surface area contributed by atoms with E-state index in [9.17, 15) is 14.4 Å². The highest BCUT2D eigenvalue weighted by atomic mass is 16.5. The molecule has 0 atom stereocenters. The molecule has 160 valence electrons. The van der Waals surface area contributed by atoms with Crippen LogP contribution in [0.15, 0.2) is 54.7 Å². The van der Waals surface area contributed by atoms with E-state index in [4.69, 9.17) is 4.74 Å². The number of aromatic nitrogens is 2. The number of ether oxygens (including phenoxy) is 1. The number of nitrogens with zero attached hydrogens (tertiary/aromatic N) is 2. The summed E-state index contributed by atoms with van der Waals surface area (Å²) < 4.78 is 6.77. The number of nitrogens with one attached hydrogen (secondary N) is 1. The highest BCUT2D eigenvalue weighted by molar-refractivity contribution is 6.18. The van der Waals surface area contributed by atoms with Crippen LogP contribution in [0.2, 0.25) is 0 Å². The molecule has 0 aliphatic carbocycles. The Bertz CT molecular complexity index is 1110. The van der Waals surface area contributed by atoms with Crippen LogP contribution in [0.5, 0.6) is 0 Å². The van der Waals surface area contributed by atoms with E-state index in [2.05, 4.69) is 10.4 Å². The van der Waals surface area contributed by atoms with Crippen molar-refractivity contribution in [1.29, 1.82) is 0 Å². The Hall–Kier alpha value is -3.74. The van der Waals surface area contributed by atoms with Gasteiger partial charge in [-0.1, -0.05) is 48.0 Å². The fourth-order valence-electron chi connectivity index (χ4n) is 3.02. The van der Waals surface area contributed by atoms with Crippen molar-refractivity contribution in [2.45, 2.75) is 40.3 Å². The molecule has 3 aromatic rings. The largest absolute Gasteiger partial charge is 0.458 e. The third kappa shape index (κ3) is 5.06. The number of carbonyl (C=O) groups is 3. The van der Waals surface area contributed by atoms with Gasteiger partial charge in [0, 0.05) is 23.9 Å². The first-order valence-corrected chi connectivity index (χ1v) is 10.1. The molecule has 0 bridgehead atoms. The zero-order valence-corrected chi connectivity index (χ0v) is 18.0. The fourth-order valence-corrected chi connectivity index (χ4v) is 3.02. The lowest BCUT2D eigenvalue weighted by atomic mass is 9.97. The summed E-state index contributed by atoms with van der Waals surface area (Å²) in [7, 11) is 0. The molecular formula is C24H25N3O4. The molecule has 0 saturated heterocycles. The van der Waals surface area contributed by atoms with Crippen LogP contribution in [0.4, 0.5) is 5.69 Å². The second-order valence-electron chi connectivity index (χ2n) is 7.40. The number of anilines is 1. The summed E-state index contributed by atoms with van der Waals surface area (Å²) in [5.74, 6) is -1.39. The molecule has 2 aromatic carbocycles. The molecule has 3 rings (SSSR count). The Morgan fingerprint density at radius 1 is 1.03 bits per heavy atom. The monoisotopic (exact) mass is 419 g/mol. The number of carbonyl (C=O) groups excluding carboxylic acids is 3. The molecule has 31 heavy (non-hydrogen) atoms. The lowest BCUT2D eigenvalue weighted by Gasteiger charge is -2.10. The molecule has 0 saturated carbocycles. The van der Waals surface area contributed by atoms with E-state index in [1.807, 2.05) is 26.0 Å². The van der Waals surface area contributed by atoms with Crippen LogP contribution in [-0.4, -0.2) is 33.5 Å². The highest BCUT2D eigenvalue weighted by Gasteiger charge is 2.23. The van der Waals surface area contributed by atoms with Crippen molar-refractivity contribution in [2.75, 3.05) is 5.32 Å². The molecule has 7 nitrogen and oxygen atoms in total. The van der Waals surface area contributed by atoms with Crippen LogP contribution in [0, 0.1) is 6.92 Å². The fraction of sp³-hybridized carbons (Fsp3) is 0.250. The van der Waals surface area contributed by atoms with E-state index >= 15 is 0 Å². The summed E-state index contributed by atoms with van der Waals surface area (Å²) in [5, 5.41) is 6.92. The number of hydrogen-bond acceptors (Lipinski definition) is 5. The van der Waals surface area contributed by atoms with Gasteiger partial charge in [0.15, 0.2) is 11.5 Å². The SMILES string of the molecule is CCn1cc(NC(=O)c2ccccc2C(=O)c2ccc(C)cc2)c(C(=O)OC(C)C)n1. The normalized spacial score (nSPS) is 10.7. The Morgan fingerprint density at radius 2 is 1.68 bits per heavy atom. The first-order valence-electron chi connectivity index (χ1n) is 10.1. The van der Waals surface area contributed by atoms with Crippen molar-refractivity contribution in [3.63, 3.8) is 0 Å². The van der Waals surface area contributed by atoms with Gasteiger partial charge in [0.1, 0.15) is 0 Å². The Balaban J connectivity index is 1.92. The van der Waals surface area contributed by atoms with Gasteiger partial charge in [-0.2, -0.15) is 5.10 Å². The van der Waals surface area contributed by atoms with Gasteiger partial charge < -0.3 is 10.1 Å². The van der Waals surface area contributed by atoms with Crippen LogP contribution in [-0.2, 0) is 11.3 Å². The Labute approximate surface area is 181 Å². The van der Waals surface area contributed by atoms with Gasteiger partial charge in [-0.3, -0.25) is 14.3 Å². The number of benzene rings is 2. The molecule has 0 unspecified atom stereocenters. The van der Waals surface area contributed by atoms with Gasteiger partial charge in [0.2, 0.25) is 0 Å². The van der Waals surface area contributed by atoms with Crippen LogP contribution in [0.1, 0.15) is 63.1 Å². The summed E-state index contributed by atoms with van der Waals surface area (Å²) in [6.07, 6.45) is 1.25. The summed E-state index contributed by atoms with van der Waals surface area (Å²) in [4.78, 5) is 38.5. The molecule has 1 N–H and O–H groups in total. The van der Waals surface area contributed by atoms with E-state index in [-0.39, 0.29) is 34.4 Å². The number of amides is 1. The van der Waals surface area contributed by atoms with Gasteiger partial charge in [-0.05, 0) is 33.8 Å². The minimum Gasteiger partial charge on any atom is -0.458 e. The van der Waals surface area contributed by atoms with Crippen LogP contribution in [0.3, 0.4) is 0 Å². The zero-order valence-electron chi connectivity index (χ0n) is 18.0. The molecule has 0 aliphatic rings. The van der Waals surface area contributed by atoms with E-state index in [0.29, 0.717) is 12.1 Å². The first kappa shape index (κ1) is 22.0. The highest BCUT2D eigenvalue weighted by Crippen LogP contribution is 2.20. The van der Waals surface area contributed by atoms with Crippen molar-refractivity contribution in [1.82, 2.24) is 9.78 Å². The first-order chi connectivity index (χ1) is 14.8. The average Bonchev–Trinajstić information content (AvgIpc) is 3.16. The molecule has 7 heteroatoms. The summed E-state index contributed by atoms with van der Waals surface area (Å²) >= 11 is 0. The molecule has 1 heterocycles. The Kier molecular flexibility index (Phi) is 6.65. The van der Waals surface area contributed by atoms with Gasteiger partial charge in [0.05, 0.1) is 17.4 Å². The molecule has 0 spiro atoms. The Morgan fingerprint density at radius 3 is 2.29 bits per heavy atom. The van der Waals surface area contributed by atoms with Gasteiger partial charge >= 0.3 is 5.97 Å². The van der Waals surface area contributed by atoms with Gasteiger partial charge in [0.25, 0.3) is 5.91 Å². The van der Waals surface area contributed by atoms with Gasteiger partial charge in [-0.15, -0.1) is 0 Å². The number of ketones is 1. The van der Waals surface area contributed by atoms with E-state index < -0.39 is 11.9 Å². The maximum Gasteiger partial charge on any atom is 0.361 e. The van der Waals surface area contributed by atoms with E-state index in [0.717, 1.165) is 5.56 Å². The topological polar surface area (TPSA) is 90.3 Å². The molecule has 0 fully saturated rings. The number of rotatable bonds is 7. The quantitative estimate of drug-likeness (QED) is 0.456. The van der Waals surface area contributed by atoms with Crippen LogP contribution in [0.25, 0.3) is 0 Å². The molecular weight excluding hydrogens is 394 g/mol. The number of esters is 1. The van der Waals surface area contributed by atoms with Crippen molar-refractivity contribution in [3.8, 4) is 0 Å². The zero-order chi connectivity index (χ0) is 22.5. The summed E-state index contributed by atoms with van der Waals surface area (Å²) in [6, 6.07) is 13.7. The molecule has 1 aromatic heterocycles. The smallest absolute Gasteiger partial charge is 0.361 e. The van der Waals surface area contributed by atoms with Crippen molar-refractivity contribution in [2.24, 2.45) is 0 Å². The summed E-state index contributed by atoms with van der Waals surface area (Å²) in [5.41, 5.74) is 2.27. The number of aryl methyl sites for hydroxylation is 2. The predicted molar refractivity (Wildman–Crippen MR) is 117 cm³/mol. The third-order valence-electron chi connectivity index (χ3n) is 4.60. The molecule has 1 amide bonds. The second kappa shape index (κ2) is 9.38. The number of hydrogen-bond donors (Lipinski definition) is 1. The van der Waals surface area contributed by atoms with Crippen LogP contribution < -0.4 is 5.32 Å². The van der Waals surface area contributed by atoms with E-state index in [1.54, 1.807) is 56.4 Å². The maximum atomic E-state index is 13.1. The van der Waals surface area contributed by atoms with E-state index in [1.165, 1.54) is 4.68 Å². The predicted octanol–water partition coefficient (Wildman–Crippen LogP) is 4.26. The maximum absolute atomic E-state index is 13.1. The van der Waals surface area contributed by atoms with Crippen molar-refractivity contribution >= 4 is 23.3 Å². The standard InChI is InChI=1S/C24H25N3O4/c1-5-27-14-20(21(26-27)24(30)31-15(2)3)25-23(29)19-9-7-6-8-18(19)22(28)17-12-10-16(4)11-13-17/h6-15H,5H2,1-4H3,(H,25,29). The van der Waals surface area contributed by atoms with Gasteiger partial charge in [-0.25, -0.2) is 4.79 Å². The van der Waals surface area contributed by atoms with Crippen LogP contribution >= 0.6 is 0 Å². The lowest BCUT2D eigenvalue weighted by molar-refractivity contribution is 0.0371.